The Morgan fingerprint density at radius 1 is 1.20 bits per heavy atom. The van der Waals surface area contributed by atoms with Gasteiger partial charge in [0.15, 0.2) is 0 Å². The Kier molecular flexibility index (Phi) is 5.49. The summed E-state index contributed by atoms with van der Waals surface area (Å²) in [6, 6.07) is 7.75. The Labute approximate surface area is 170 Å². The van der Waals surface area contributed by atoms with Crippen molar-refractivity contribution in [1.29, 1.82) is 0 Å². The van der Waals surface area contributed by atoms with E-state index in [9.17, 15) is 19.5 Å². The summed E-state index contributed by atoms with van der Waals surface area (Å²) in [5.41, 5.74) is 1.84. The molecule has 0 unspecified atom stereocenters. The third kappa shape index (κ3) is 3.78. The van der Waals surface area contributed by atoms with Crippen LogP contribution in [0.1, 0.15) is 11.1 Å². The number of halogens is 1. The SMILES string of the molecule is O=c1c2ncc3c(c(COC[C@@H](O)CO)cn3Cc3ccc(F)cc3)c2ccn1O. The van der Waals surface area contributed by atoms with Crippen LogP contribution in [0, 0.1) is 5.82 Å². The molecule has 0 saturated carbocycles. The lowest BCUT2D eigenvalue weighted by atomic mass is 10.1. The van der Waals surface area contributed by atoms with Gasteiger partial charge in [0.1, 0.15) is 17.4 Å². The molecule has 0 aliphatic rings. The Bertz CT molecular complexity index is 1250. The van der Waals surface area contributed by atoms with Crippen molar-refractivity contribution >= 4 is 21.8 Å². The normalized spacial score (nSPS) is 12.6. The van der Waals surface area contributed by atoms with Crippen molar-refractivity contribution in [2.24, 2.45) is 0 Å². The average Bonchev–Trinajstić information content (AvgIpc) is 3.10. The fourth-order valence-corrected chi connectivity index (χ4v) is 3.43. The summed E-state index contributed by atoms with van der Waals surface area (Å²) >= 11 is 0. The first-order valence-electron chi connectivity index (χ1n) is 9.30. The number of fused-ring (bicyclic) bond motifs is 3. The zero-order valence-electron chi connectivity index (χ0n) is 15.9. The van der Waals surface area contributed by atoms with Crippen molar-refractivity contribution in [3.8, 4) is 0 Å². The number of benzene rings is 1. The molecule has 0 aliphatic carbocycles. The van der Waals surface area contributed by atoms with Gasteiger partial charge >= 0.3 is 5.56 Å². The fourth-order valence-electron chi connectivity index (χ4n) is 3.43. The van der Waals surface area contributed by atoms with Crippen molar-refractivity contribution in [2.45, 2.75) is 19.3 Å². The van der Waals surface area contributed by atoms with E-state index in [0.29, 0.717) is 16.7 Å². The predicted octanol–water partition coefficient (Wildman–Crippen LogP) is 1.65. The van der Waals surface area contributed by atoms with Gasteiger partial charge in [-0.05, 0) is 23.8 Å². The van der Waals surface area contributed by atoms with Gasteiger partial charge in [-0.15, -0.1) is 0 Å². The molecule has 0 spiro atoms. The van der Waals surface area contributed by atoms with E-state index in [0.717, 1.165) is 22.0 Å². The van der Waals surface area contributed by atoms with Crippen LogP contribution in [0.3, 0.4) is 0 Å². The van der Waals surface area contributed by atoms with Crippen LogP contribution in [0.4, 0.5) is 4.39 Å². The van der Waals surface area contributed by atoms with Crippen LogP contribution in [0.2, 0.25) is 0 Å². The zero-order valence-corrected chi connectivity index (χ0v) is 15.9. The van der Waals surface area contributed by atoms with Crippen molar-refractivity contribution < 1.29 is 24.5 Å². The van der Waals surface area contributed by atoms with Gasteiger partial charge in [-0.1, -0.05) is 12.1 Å². The molecule has 0 aliphatic heterocycles. The first-order chi connectivity index (χ1) is 14.5. The van der Waals surface area contributed by atoms with Crippen molar-refractivity contribution in [2.75, 3.05) is 13.2 Å². The Balaban J connectivity index is 1.81. The molecule has 0 fully saturated rings. The van der Waals surface area contributed by atoms with E-state index >= 15 is 0 Å². The summed E-state index contributed by atoms with van der Waals surface area (Å²) in [7, 11) is 0. The molecule has 0 amide bonds. The largest absolute Gasteiger partial charge is 0.425 e. The van der Waals surface area contributed by atoms with E-state index < -0.39 is 18.3 Å². The Morgan fingerprint density at radius 3 is 2.70 bits per heavy atom. The van der Waals surface area contributed by atoms with Crippen LogP contribution in [0.5, 0.6) is 0 Å². The molecule has 3 aromatic heterocycles. The highest BCUT2D eigenvalue weighted by atomic mass is 19.1. The Morgan fingerprint density at radius 2 is 1.97 bits per heavy atom. The van der Waals surface area contributed by atoms with Gasteiger partial charge in [-0.25, -0.2) is 9.37 Å². The second-order valence-electron chi connectivity index (χ2n) is 7.01. The Hall–Kier alpha value is -3.27. The quantitative estimate of drug-likeness (QED) is 0.398. The van der Waals surface area contributed by atoms with E-state index in [4.69, 9.17) is 9.84 Å². The molecular weight excluding hydrogens is 393 g/mol. The van der Waals surface area contributed by atoms with E-state index in [1.807, 2.05) is 10.8 Å². The highest BCUT2D eigenvalue weighted by Gasteiger charge is 2.16. The first kappa shape index (κ1) is 20.0. The topological polar surface area (TPSA) is 110 Å². The molecule has 9 heteroatoms. The van der Waals surface area contributed by atoms with Crippen molar-refractivity contribution in [1.82, 2.24) is 14.3 Å². The number of rotatable bonds is 7. The lowest BCUT2D eigenvalue weighted by Crippen LogP contribution is -2.19. The molecule has 4 rings (SSSR count). The second-order valence-corrected chi connectivity index (χ2v) is 7.01. The molecule has 4 aromatic rings. The van der Waals surface area contributed by atoms with Gasteiger partial charge in [0.05, 0.1) is 31.5 Å². The zero-order chi connectivity index (χ0) is 21.3. The monoisotopic (exact) mass is 413 g/mol. The minimum absolute atomic E-state index is 0.0480. The standard InChI is InChI=1S/C21H20FN3O5/c22-15-3-1-13(2-4-15)8-24-9-14(11-30-12-16(27)10-26)19-17-5-6-25(29)21(28)20(17)23-7-18(19)24/h1-7,9,16,26-27,29H,8,10-12H2/t16-/m0/s1. The van der Waals surface area contributed by atoms with Crippen LogP contribution in [0.15, 0.2) is 53.7 Å². The molecular formula is C21H20FN3O5. The maximum absolute atomic E-state index is 13.2. The van der Waals surface area contributed by atoms with Crippen molar-refractivity contribution in [3.05, 3.63) is 76.2 Å². The van der Waals surface area contributed by atoms with Gasteiger partial charge in [0.2, 0.25) is 0 Å². The van der Waals surface area contributed by atoms with Crippen LogP contribution in [-0.2, 0) is 17.9 Å². The molecule has 3 heterocycles. The number of aromatic nitrogens is 3. The average molecular weight is 413 g/mol. The minimum atomic E-state index is -0.988. The number of hydrogen-bond donors (Lipinski definition) is 3. The van der Waals surface area contributed by atoms with Gasteiger partial charge in [-0.3, -0.25) is 4.79 Å². The maximum Gasteiger partial charge on any atom is 0.309 e. The number of ether oxygens (including phenoxy) is 1. The van der Waals surface area contributed by atoms with Gasteiger partial charge in [0.25, 0.3) is 0 Å². The fraction of sp³-hybridized carbons (Fsp3) is 0.238. The molecule has 156 valence electrons. The third-order valence-corrected chi connectivity index (χ3v) is 4.88. The summed E-state index contributed by atoms with van der Waals surface area (Å²) in [4.78, 5) is 16.5. The summed E-state index contributed by atoms with van der Waals surface area (Å²) in [5, 5.41) is 29.4. The first-order valence-corrected chi connectivity index (χ1v) is 9.30. The van der Waals surface area contributed by atoms with Crippen LogP contribution in [0.25, 0.3) is 21.8 Å². The molecule has 3 N–H and O–H groups in total. The molecule has 0 radical (unpaired) electrons. The van der Waals surface area contributed by atoms with Gasteiger partial charge < -0.3 is 24.7 Å². The number of hydrogen-bond acceptors (Lipinski definition) is 6. The number of nitrogens with zero attached hydrogens (tertiary/aromatic N) is 3. The summed E-state index contributed by atoms with van der Waals surface area (Å²) in [5.74, 6) is -0.319. The lowest BCUT2D eigenvalue weighted by Gasteiger charge is -2.08. The highest BCUT2D eigenvalue weighted by molar-refractivity contribution is 6.06. The lowest BCUT2D eigenvalue weighted by molar-refractivity contribution is 0.000292. The molecule has 0 saturated heterocycles. The van der Waals surface area contributed by atoms with E-state index in [1.165, 1.54) is 18.3 Å². The van der Waals surface area contributed by atoms with E-state index in [2.05, 4.69) is 4.98 Å². The summed E-state index contributed by atoms with van der Waals surface area (Å²) in [6.07, 6.45) is 3.67. The van der Waals surface area contributed by atoms with E-state index in [1.54, 1.807) is 24.4 Å². The summed E-state index contributed by atoms with van der Waals surface area (Å²) < 4.78 is 21.2. The summed E-state index contributed by atoms with van der Waals surface area (Å²) in [6.45, 7) is 0.119. The van der Waals surface area contributed by atoms with Crippen molar-refractivity contribution in [3.63, 3.8) is 0 Å². The molecule has 1 aromatic carbocycles. The van der Waals surface area contributed by atoms with Crippen LogP contribution in [-0.4, -0.2) is 49.0 Å². The predicted molar refractivity (Wildman–Crippen MR) is 107 cm³/mol. The van der Waals surface area contributed by atoms with E-state index in [-0.39, 0.29) is 24.5 Å². The number of pyridine rings is 2. The van der Waals surface area contributed by atoms with Crippen LogP contribution >= 0.6 is 0 Å². The third-order valence-electron chi connectivity index (χ3n) is 4.88. The molecule has 0 bridgehead atoms. The number of aliphatic hydroxyl groups is 2. The second kappa shape index (κ2) is 8.23. The highest BCUT2D eigenvalue weighted by Crippen LogP contribution is 2.28. The molecule has 8 nitrogen and oxygen atoms in total. The molecule has 30 heavy (non-hydrogen) atoms. The van der Waals surface area contributed by atoms with Gasteiger partial charge in [-0.2, -0.15) is 4.73 Å². The van der Waals surface area contributed by atoms with Crippen LogP contribution < -0.4 is 5.56 Å². The maximum atomic E-state index is 13.2. The molecule has 1 atom stereocenters. The van der Waals surface area contributed by atoms with Gasteiger partial charge in [0, 0.05) is 35.3 Å². The minimum Gasteiger partial charge on any atom is -0.425 e. The smallest absolute Gasteiger partial charge is 0.309 e. The number of aliphatic hydroxyl groups excluding tert-OH is 2.